The van der Waals surface area contributed by atoms with Crippen LogP contribution in [0.4, 0.5) is 24.5 Å². The van der Waals surface area contributed by atoms with Crippen LogP contribution >= 0.6 is 0 Å². The van der Waals surface area contributed by atoms with Crippen LogP contribution in [0.5, 0.6) is 0 Å². The molecule has 3 aromatic carbocycles. The number of hydrogen-bond donors (Lipinski definition) is 2. The maximum atomic E-state index is 13.3. The SMILES string of the molecule is O=C(Nc1ccc(N2CCNCC2)cc1)c1cc(C(F)(F)F)ccc1-c1ccccc1. The number of nitrogens with zero attached hydrogens (tertiary/aromatic N) is 1. The molecule has 4 nitrogen and oxygen atoms in total. The Bertz CT molecular complexity index is 1040. The predicted molar refractivity (Wildman–Crippen MR) is 116 cm³/mol. The second-order valence-corrected chi connectivity index (χ2v) is 7.36. The number of alkyl halides is 3. The molecule has 1 fully saturated rings. The summed E-state index contributed by atoms with van der Waals surface area (Å²) in [5.74, 6) is -0.583. The number of carbonyl (C=O) groups excluding carboxylic acids is 1. The molecular formula is C24H22F3N3O. The minimum Gasteiger partial charge on any atom is -0.369 e. The molecule has 0 aromatic heterocycles. The van der Waals surface area contributed by atoms with Crippen molar-refractivity contribution < 1.29 is 18.0 Å². The number of carbonyl (C=O) groups is 1. The predicted octanol–water partition coefficient (Wildman–Crippen LogP) is 5.03. The van der Waals surface area contributed by atoms with Crippen molar-refractivity contribution in [3.63, 3.8) is 0 Å². The number of anilines is 2. The van der Waals surface area contributed by atoms with E-state index in [2.05, 4.69) is 15.5 Å². The molecule has 1 aliphatic heterocycles. The Kier molecular flexibility index (Phi) is 5.95. The Morgan fingerprint density at radius 3 is 2.23 bits per heavy atom. The number of halogens is 3. The van der Waals surface area contributed by atoms with E-state index in [1.165, 1.54) is 6.07 Å². The third kappa shape index (κ3) is 4.88. The van der Waals surface area contributed by atoms with Crippen molar-refractivity contribution in [3.8, 4) is 11.1 Å². The van der Waals surface area contributed by atoms with Crippen molar-refractivity contribution in [2.24, 2.45) is 0 Å². The summed E-state index contributed by atoms with van der Waals surface area (Å²) >= 11 is 0. The Morgan fingerprint density at radius 2 is 1.58 bits per heavy atom. The van der Waals surface area contributed by atoms with Crippen LogP contribution in [0.3, 0.4) is 0 Å². The monoisotopic (exact) mass is 425 g/mol. The molecule has 0 aliphatic carbocycles. The highest BCUT2D eigenvalue weighted by Crippen LogP contribution is 2.34. The lowest BCUT2D eigenvalue weighted by molar-refractivity contribution is -0.137. The summed E-state index contributed by atoms with van der Waals surface area (Å²) in [6.07, 6.45) is -4.53. The zero-order valence-corrected chi connectivity index (χ0v) is 16.7. The summed E-state index contributed by atoms with van der Waals surface area (Å²) in [6, 6.07) is 19.5. The van der Waals surface area contributed by atoms with E-state index >= 15 is 0 Å². The van der Waals surface area contributed by atoms with Gasteiger partial charge in [-0.1, -0.05) is 36.4 Å². The molecule has 0 bridgehead atoms. The van der Waals surface area contributed by atoms with Crippen molar-refractivity contribution in [1.29, 1.82) is 0 Å². The van der Waals surface area contributed by atoms with Gasteiger partial charge in [-0.05, 0) is 47.5 Å². The van der Waals surface area contributed by atoms with Crippen LogP contribution in [0.1, 0.15) is 15.9 Å². The van der Waals surface area contributed by atoms with Crippen LogP contribution in [-0.4, -0.2) is 32.1 Å². The molecule has 7 heteroatoms. The molecule has 1 aliphatic rings. The lowest BCUT2D eigenvalue weighted by Crippen LogP contribution is -2.43. The van der Waals surface area contributed by atoms with Gasteiger partial charge in [0.1, 0.15) is 0 Å². The summed E-state index contributed by atoms with van der Waals surface area (Å²) in [7, 11) is 0. The highest BCUT2D eigenvalue weighted by atomic mass is 19.4. The smallest absolute Gasteiger partial charge is 0.369 e. The number of rotatable bonds is 4. The molecule has 0 spiro atoms. The molecule has 1 heterocycles. The van der Waals surface area contributed by atoms with Gasteiger partial charge in [0.15, 0.2) is 0 Å². The van der Waals surface area contributed by atoms with Gasteiger partial charge in [0.05, 0.1) is 5.56 Å². The van der Waals surface area contributed by atoms with Gasteiger partial charge in [-0.3, -0.25) is 4.79 Å². The third-order valence-corrected chi connectivity index (χ3v) is 5.28. The van der Waals surface area contributed by atoms with E-state index in [1.54, 1.807) is 36.4 Å². The largest absolute Gasteiger partial charge is 0.416 e. The maximum absolute atomic E-state index is 13.3. The average Bonchev–Trinajstić information content (AvgIpc) is 2.80. The summed E-state index contributed by atoms with van der Waals surface area (Å²) in [6.45, 7) is 3.62. The number of piperazine rings is 1. The van der Waals surface area contributed by atoms with E-state index < -0.39 is 17.6 Å². The Balaban J connectivity index is 1.61. The first-order valence-corrected chi connectivity index (χ1v) is 10.1. The van der Waals surface area contributed by atoms with Crippen molar-refractivity contribution >= 4 is 17.3 Å². The molecular weight excluding hydrogens is 403 g/mol. The minimum absolute atomic E-state index is 0.0211. The van der Waals surface area contributed by atoms with Crippen LogP contribution in [0.2, 0.25) is 0 Å². The molecule has 0 atom stereocenters. The summed E-state index contributed by atoms with van der Waals surface area (Å²) in [5, 5.41) is 6.04. The van der Waals surface area contributed by atoms with Crippen molar-refractivity contribution in [2.75, 3.05) is 36.4 Å². The van der Waals surface area contributed by atoms with Crippen LogP contribution in [0.25, 0.3) is 11.1 Å². The van der Waals surface area contributed by atoms with Gasteiger partial charge in [0.25, 0.3) is 5.91 Å². The van der Waals surface area contributed by atoms with E-state index in [9.17, 15) is 18.0 Å². The molecule has 0 radical (unpaired) electrons. The quantitative estimate of drug-likeness (QED) is 0.616. The van der Waals surface area contributed by atoms with E-state index in [0.717, 1.165) is 44.0 Å². The second kappa shape index (κ2) is 8.81. The molecule has 31 heavy (non-hydrogen) atoms. The van der Waals surface area contributed by atoms with Gasteiger partial charge in [-0.2, -0.15) is 13.2 Å². The van der Waals surface area contributed by atoms with Crippen molar-refractivity contribution in [1.82, 2.24) is 5.32 Å². The lowest BCUT2D eigenvalue weighted by Gasteiger charge is -2.29. The number of nitrogens with one attached hydrogen (secondary N) is 2. The number of amides is 1. The van der Waals surface area contributed by atoms with E-state index in [0.29, 0.717) is 16.8 Å². The normalized spacial score (nSPS) is 14.4. The van der Waals surface area contributed by atoms with Gasteiger partial charge in [0, 0.05) is 43.1 Å². The first kappa shape index (κ1) is 20.9. The van der Waals surface area contributed by atoms with Crippen molar-refractivity contribution in [3.05, 3.63) is 83.9 Å². The third-order valence-electron chi connectivity index (χ3n) is 5.28. The zero-order valence-electron chi connectivity index (χ0n) is 16.7. The molecule has 1 saturated heterocycles. The fraction of sp³-hybridized carbons (Fsp3) is 0.208. The van der Waals surface area contributed by atoms with Gasteiger partial charge >= 0.3 is 6.18 Å². The fourth-order valence-corrected chi connectivity index (χ4v) is 3.65. The number of benzene rings is 3. The average molecular weight is 425 g/mol. The first-order chi connectivity index (χ1) is 14.9. The standard InChI is InChI=1S/C24H22F3N3O/c25-24(26,27)18-6-11-21(17-4-2-1-3-5-17)22(16-18)23(31)29-19-7-9-20(10-8-19)30-14-12-28-13-15-30/h1-11,16,28H,12-15H2,(H,29,31). The Morgan fingerprint density at radius 1 is 0.903 bits per heavy atom. The van der Waals surface area contributed by atoms with Crippen LogP contribution in [0, 0.1) is 0 Å². The summed E-state index contributed by atoms with van der Waals surface area (Å²) < 4.78 is 39.8. The highest BCUT2D eigenvalue weighted by Gasteiger charge is 2.32. The van der Waals surface area contributed by atoms with Crippen molar-refractivity contribution in [2.45, 2.75) is 6.18 Å². The van der Waals surface area contributed by atoms with E-state index in [4.69, 9.17) is 0 Å². The zero-order chi connectivity index (χ0) is 21.8. The molecule has 1 amide bonds. The van der Waals surface area contributed by atoms with Gasteiger partial charge in [-0.25, -0.2) is 0 Å². The second-order valence-electron chi connectivity index (χ2n) is 7.36. The highest BCUT2D eigenvalue weighted by molar-refractivity contribution is 6.09. The van der Waals surface area contributed by atoms with Crippen LogP contribution < -0.4 is 15.5 Å². The first-order valence-electron chi connectivity index (χ1n) is 10.1. The van der Waals surface area contributed by atoms with E-state index in [-0.39, 0.29) is 5.56 Å². The Hall–Kier alpha value is -3.32. The van der Waals surface area contributed by atoms with Gasteiger partial charge in [-0.15, -0.1) is 0 Å². The fourth-order valence-electron chi connectivity index (χ4n) is 3.65. The van der Waals surface area contributed by atoms with Gasteiger partial charge < -0.3 is 15.5 Å². The molecule has 0 saturated carbocycles. The minimum atomic E-state index is -4.53. The topological polar surface area (TPSA) is 44.4 Å². The maximum Gasteiger partial charge on any atom is 0.416 e. The van der Waals surface area contributed by atoms with E-state index in [1.807, 2.05) is 18.2 Å². The Labute approximate surface area is 178 Å². The summed E-state index contributed by atoms with van der Waals surface area (Å²) in [5.41, 5.74) is 1.82. The van der Waals surface area contributed by atoms with Crippen LogP contribution in [-0.2, 0) is 6.18 Å². The molecule has 2 N–H and O–H groups in total. The number of hydrogen-bond acceptors (Lipinski definition) is 3. The van der Waals surface area contributed by atoms with Gasteiger partial charge in [0.2, 0.25) is 0 Å². The lowest BCUT2D eigenvalue weighted by atomic mass is 9.96. The summed E-state index contributed by atoms with van der Waals surface area (Å²) in [4.78, 5) is 15.2. The molecule has 4 rings (SSSR count). The molecule has 3 aromatic rings. The molecule has 160 valence electrons. The molecule has 0 unspecified atom stereocenters. The van der Waals surface area contributed by atoms with Crippen LogP contribution in [0.15, 0.2) is 72.8 Å².